The smallest absolute Gasteiger partial charge is 0.191 e. The molecule has 0 amide bonds. The van der Waals surface area contributed by atoms with Crippen molar-refractivity contribution in [1.29, 1.82) is 0 Å². The van der Waals surface area contributed by atoms with Crippen LogP contribution in [-0.2, 0) is 5.41 Å². The van der Waals surface area contributed by atoms with Gasteiger partial charge >= 0.3 is 0 Å². The average Bonchev–Trinajstić information content (AvgIpc) is 2.40. The topological polar surface area (TPSA) is 36.4 Å². The van der Waals surface area contributed by atoms with E-state index in [9.17, 15) is 0 Å². The highest BCUT2D eigenvalue weighted by Gasteiger charge is 2.38. The molecule has 3 rings (SSSR count). The van der Waals surface area contributed by atoms with Crippen LogP contribution in [0.1, 0.15) is 31.2 Å². The molecule has 96 valence electrons. The van der Waals surface area contributed by atoms with Crippen LogP contribution in [0.4, 0.5) is 0 Å². The van der Waals surface area contributed by atoms with Gasteiger partial charge in [0.25, 0.3) is 0 Å². The fraction of sp³-hybridized carbons (Fsp3) is 0.533. The molecule has 0 spiro atoms. The minimum absolute atomic E-state index is 0.336. The predicted molar refractivity (Wildman–Crippen MR) is 74.9 cm³/mol. The van der Waals surface area contributed by atoms with Crippen LogP contribution in [0.15, 0.2) is 35.3 Å². The number of rotatable bonds is 3. The summed E-state index contributed by atoms with van der Waals surface area (Å²) >= 11 is 0. The summed E-state index contributed by atoms with van der Waals surface area (Å²) < 4.78 is 0. The van der Waals surface area contributed by atoms with Gasteiger partial charge in [-0.25, -0.2) is 0 Å². The van der Waals surface area contributed by atoms with Crippen LogP contribution in [-0.4, -0.2) is 25.6 Å². The monoisotopic (exact) mass is 243 g/mol. The van der Waals surface area contributed by atoms with Crippen LogP contribution in [0.5, 0.6) is 0 Å². The lowest BCUT2D eigenvalue weighted by Gasteiger charge is -2.43. The Labute approximate surface area is 109 Å². The highest BCUT2D eigenvalue weighted by atomic mass is 15.2. The lowest BCUT2D eigenvalue weighted by atomic mass is 9.64. The van der Waals surface area contributed by atoms with Crippen LogP contribution in [0, 0.1) is 0 Å². The quantitative estimate of drug-likeness (QED) is 0.852. The van der Waals surface area contributed by atoms with Gasteiger partial charge in [-0.2, -0.15) is 0 Å². The molecule has 0 radical (unpaired) electrons. The maximum absolute atomic E-state index is 4.48. The highest BCUT2D eigenvalue weighted by molar-refractivity contribution is 5.80. The van der Waals surface area contributed by atoms with E-state index in [1.807, 2.05) is 0 Å². The zero-order valence-corrected chi connectivity index (χ0v) is 10.8. The Morgan fingerprint density at radius 3 is 2.61 bits per heavy atom. The summed E-state index contributed by atoms with van der Waals surface area (Å²) in [5.74, 6) is 0.989. The molecule has 1 aromatic carbocycles. The third-order valence-corrected chi connectivity index (χ3v) is 4.19. The molecule has 0 unspecified atom stereocenters. The second kappa shape index (κ2) is 5.01. The van der Waals surface area contributed by atoms with Crippen molar-refractivity contribution in [2.75, 3.05) is 19.6 Å². The molecule has 1 heterocycles. The van der Waals surface area contributed by atoms with Gasteiger partial charge in [-0.15, -0.1) is 0 Å². The van der Waals surface area contributed by atoms with Crippen molar-refractivity contribution in [3.63, 3.8) is 0 Å². The normalized spacial score (nSPS) is 21.4. The van der Waals surface area contributed by atoms with E-state index in [0.29, 0.717) is 5.41 Å². The SMILES string of the molecule is c1ccc(C2(CNC3=NCCCN3)CCC2)cc1. The molecule has 1 aromatic rings. The fourth-order valence-corrected chi connectivity index (χ4v) is 2.87. The fourth-order valence-electron chi connectivity index (χ4n) is 2.87. The van der Waals surface area contributed by atoms with E-state index < -0.39 is 0 Å². The van der Waals surface area contributed by atoms with E-state index in [4.69, 9.17) is 0 Å². The Bertz CT molecular complexity index is 421. The van der Waals surface area contributed by atoms with Crippen molar-refractivity contribution in [1.82, 2.24) is 10.6 Å². The van der Waals surface area contributed by atoms with Crippen LogP contribution >= 0.6 is 0 Å². The van der Waals surface area contributed by atoms with E-state index in [0.717, 1.165) is 32.0 Å². The van der Waals surface area contributed by atoms with E-state index >= 15 is 0 Å². The lowest BCUT2D eigenvalue weighted by molar-refractivity contribution is 0.243. The average molecular weight is 243 g/mol. The number of guanidine groups is 1. The minimum Gasteiger partial charge on any atom is -0.356 e. The largest absolute Gasteiger partial charge is 0.356 e. The first kappa shape index (κ1) is 11.6. The molecule has 0 aromatic heterocycles. The number of nitrogens with one attached hydrogen (secondary N) is 2. The first-order valence-corrected chi connectivity index (χ1v) is 6.97. The van der Waals surface area contributed by atoms with E-state index in [1.54, 1.807) is 0 Å². The van der Waals surface area contributed by atoms with Gasteiger partial charge in [0.2, 0.25) is 0 Å². The van der Waals surface area contributed by atoms with Crippen molar-refractivity contribution in [2.24, 2.45) is 4.99 Å². The van der Waals surface area contributed by atoms with Gasteiger partial charge in [0.15, 0.2) is 5.96 Å². The lowest BCUT2D eigenvalue weighted by Crippen LogP contribution is -2.50. The molecule has 0 saturated heterocycles. The zero-order chi connectivity index (χ0) is 12.3. The van der Waals surface area contributed by atoms with Gasteiger partial charge in [0, 0.05) is 25.0 Å². The Morgan fingerprint density at radius 2 is 2.00 bits per heavy atom. The van der Waals surface area contributed by atoms with Crippen molar-refractivity contribution >= 4 is 5.96 Å². The van der Waals surface area contributed by atoms with Crippen LogP contribution in [0.2, 0.25) is 0 Å². The number of hydrogen-bond donors (Lipinski definition) is 2. The molecule has 2 aliphatic rings. The van der Waals surface area contributed by atoms with Crippen LogP contribution in [0.25, 0.3) is 0 Å². The maximum atomic E-state index is 4.48. The molecule has 3 heteroatoms. The van der Waals surface area contributed by atoms with Crippen LogP contribution < -0.4 is 10.6 Å². The molecule has 3 nitrogen and oxygen atoms in total. The zero-order valence-electron chi connectivity index (χ0n) is 10.8. The van der Waals surface area contributed by atoms with E-state index in [-0.39, 0.29) is 0 Å². The molecule has 18 heavy (non-hydrogen) atoms. The molecule has 0 bridgehead atoms. The Morgan fingerprint density at radius 1 is 1.17 bits per heavy atom. The summed E-state index contributed by atoms with van der Waals surface area (Å²) in [5, 5.41) is 6.83. The van der Waals surface area contributed by atoms with Crippen molar-refractivity contribution < 1.29 is 0 Å². The summed E-state index contributed by atoms with van der Waals surface area (Å²) in [6.07, 6.45) is 5.07. The number of benzene rings is 1. The summed E-state index contributed by atoms with van der Waals surface area (Å²) in [6.45, 7) is 3.00. The van der Waals surface area contributed by atoms with Gasteiger partial charge < -0.3 is 10.6 Å². The molecule has 0 atom stereocenters. The second-order valence-corrected chi connectivity index (χ2v) is 5.36. The van der Waals surface area contributed by atoms with Crippen molar-refractivity contribution in [3.05, 3.63) is 35.9 Å². The molecule has 1 fully saturated rings. The van der Waals surface area contributed by atoms with Gasteiger partial charge in [-0.05, 0) is 24.8 Å². The summed E-state index contributed by atoms with van der Waals surface area (Å²) in [6, 6.07) is 10.9. The first-order valence-electron chi connectivity index (χ1n) is 6.97. The third kappa shape index (κ3) is 2.22. The number of hydrogen-bond acceptors (Lipinski definition) is 3. The minimum atomic E-state index is 0.336. The second-order valence-electron chi connectivity index (χ2n) is 5.36. The van der Waals surface area contributed by atoms with E-state index in [2.05, 4.69) is 46.0 Å². The molecular formula is C15H21N3. The summed E-state index contributed by atoms with van der Waals surface area (Å²) in [5.41, 5.74) is 1.81. The van der Waals surface area contributed by atoms with Crippen LogP contribution in [0.3, 0.4) is 0 Å². The Balaban J connectivity index is 1.67. The maximum Gasteiger partial charge on any atom is 0.191 e. The standard InChI is InChI=1S/C15H21N3/c1-2-6-13(7-3-1)15(8-4-9-15)12-18-14-16-10-5-11-17-14/h1-3,6-7H,4-5,8-12H2,(H2,16,17,18). The number of nitrogens with zero attached hydrogens (tertiary/aromatic N) is 1. The molecule has 1 aliphatic carbocycles. The van der Waals surface area contributed by atoms with Gasteiger partial charge in [-0.3, -0.25) is 4.99 Å². The van der Waals surface area contributed by atoms with Gasteiger partial charge in [-0.1, -0.05) is 36.8 Å². The Kier molecular flexibility index (Phi) is 3.22. The number of aliphatic imine (C=N–C) groups is 1. The highest BCUT2D eigenvalue weighted by Crippen LogP contribution is 2.43. The molecule has 1 saturated carbocycles. The van der Waals surface area contributed by atoms with Gasteiger partial charge in [0.1, 0.15) is 0 Å². The summed E-state index contributed by atoms with van der Waals surface area (Å²) in [4.78, 5) is 4.48. The van der Waals surface area contributed by atoms with Gasteiger partial charge in [0.05, 0.1) is 0 Å². The molecule has 1 aliphatic heterocycles. The predicted octanol–water partition coefficient (Wildman–Crippen LogP) is 2.05. The third-order valence-electron chi connectivity index (χ3n) is 4.19. The summed E-state index contributed by atoms with van der Waals surface area (Å²) in [7, 11) is 0. The Hall–Kier alpha value is -1.51. The molecule has 2 N–H and O–H groups in total. The van der Waals surface area contributed by atoms with Crippen molar-refractivity contribution in [2.45, 2.75) is 31.1 Å². The first-order chi connectivity index (χ1) is 8.89. The molecular weight excluding hydrogens is 222 g/mol. The van der Waals surface area contributed by atoms with Crippen molar-refractivity contribution in [3.8, 4) is 0 Å². The van der Waals surface area contributed by atoms with E-state index in [1.165, 1.54) is 24.8 Å².